The Morgan fingerprint density at radius 3 is 2.48 bits per heavy atom. The Hall–Kier alpha value is -2.59. The number of aliphatic hydroxyl groups is 1. The number of rotatable bonds is 7. The summed E-state index contributed by atoms with van der Waals surface area (Å²) in [6.07, 6.45) is 5.12. The van der Waals surface area contributed by atoms with E-state index >= 15 is 0 Å². The number of aromatic hydroxyl groups is 2. The van der Waals surface area contributed by atoms with Crippen LogP contribution >= 0.6 is 0 Å². The lowest BCUT2D eigenvalue weighted by Crippen LogP contribution is -1.95. The Kier molecular flexibility index (Phi) is 5.94. The second kappa shape index (κ2) is 8.15. The third-order valence-electron chi connectivity index (χ3n) is 3.56. The minimum Gasteiger partial charge on any atom is -0.508 e. The summed E-state index contributed by atoms with van der Waals surface area (Å²) in [5.41, 5.74) is 2.35. The number of hydrogen-bond donors (Lipinski definition) is 3. The summed E-state index contributed by atoms with van der Waals surface area (Å²) in [7, 11) is 0. The van der Waals surface area contributed by atoms with Crippen LogP contribution in [0.15, 0.2) is 48.5 Å². The van der Waals surface area contributed by atoms with Crippen molar-refractivity contribution >= 4 is 11.9 Å². The molecule has 120 valence electrons. The maximum Gasteiger partial charge on any atom is 0.155 e. The van der Waals surface area contributed by atoms with E-state index < -0.39 is 0 Å². The van der Waals surface area contributed by atoms with Crippen LogP contribution in [-0.2, 0) is 17.8 Å². The van der Waals surface area contributed by atoms with Gasteiger partial charge in [0.2, 0.25) is 0 Å². The minimum atomic E-state index is -0.200. The first-order valence-electron chi connectivity index (χ1n) is 7.50. The minimum absolute atomic E-state index is 0.0410. The number of phenols is 2. The van der Waals surface area contributed by atoms with Crippen molar-refractivity contribution in [2.24, 2.45) is 0 Å². The molecule has 0 saturated carbocycles. The number of allylic oxidation sites excluding steroid dienone is 1. The molecule has 3 N–H and O–H groups in total. The highest BCUT2D eigenvalue weighted by Crippen LogP contribution is 2.19. The number of hydrogen-bond acceptors (Lipinski definition) is 4. The van der Waals surface area contributed by atoms with E-state index in [9.17, 15) is 15.0 Å². The number of phenolic OH excluding ortho intramolecular Hbond substituents is 1. The smallest absolute Gasteiger partial charge is 0.155 e. The number of benzene rings is 2. The van der Waals surface area contributed by atoms with Crippen molar-refractivity contribution in [1.82, 2.24) is 0 Å². The SMILES string of the molecule is O=C(/C=C/c1ccc(O)cc1)CCCc1ccc(O)c(CO)c1. The molecule has 0 aliphatic heterocycles. The van der Waals surface area contributed by atoms with Crippen LogP contribution in [0.2, 0.25) is 0 Å². The Morgan fingerprint density at radius 2 is 1.78 bits per heavy atom. The maximum atomic E-state index is 11.8. The zero-order chi connectivity index (χ0) is 16.7. The highest BCUT2D eigenvalue weighted by molar-refractivity contribution is 5.93. The van der Waals surface area contributed by atoms with Crippen LogP contribution in [0.1, 0.15) is 29.5 Å². The van der Waals surface area contributed by atoms with Crippen LogP contribution in [0.4, 0.5) is 0 Å². The molecule has 0 heterocycles. The van der Waals surface area contributed by atoms with Gasteiger partial charge in [-0.2, -0.15) is 0 Å². The summed E-state index contributed by atoms with van der Waals surface area (Å²) in [5.74, 6) is 0.327. The molecule has 0 aliphatic rings. The molecule has 0 spiro atoms. The van der Waals surface area contributed by atoms with Gasteiger partial charge in [-0.15, -0.1) is 0 Å². The molecular weight excluding hydrogens is 292 g/mol. The topological polar surface area (TPSA) is 77.8 Å². The summed E-state index contributed by atoms with van der Waals surface area (Å²) in [6, 6.07) is 11.8. The van der Waals surface area contributed by atoms with Gasteiger partial charge in [-0.3, -0.25) is 4.79 Å². The molecule has 0 aromatic heterocycles. The molecule has 2 aromatic rings. The zero-order valence-electron chi connectivity index (χ0n) is 12.8. The Balaban J connectivity index is 1.81. The lowest BCUT2D eigenvalue weighted by Gasteiger charge is -2.05. The van der Waals surface area contributed by atoms with Crippen molar-refractivity contribution in [3.8, 4) is 11.5 Å². The van der Waals surface area contributed by atoms with Gasteiger partial charge >= 0.3 is 0 Å². The van der Waals surface area contributed by atoms with Gasteiger partial charge in [-0.25, -0.2) is 0 Å². The molecule has 23 heavy (non-hydrogen) atoms. The highest BCUT2D eigenvalue weighted by atomic mass is 16.3. The third kappa shape index (κ3) is 5.27. The molecule has 0 amide bonds. The van der Waals surface area contributed by atoms with Crippen LogP contribution < -0.4 is 0 Å². The first kappa shape index (κ1) is 16.8. The van der Waals surface area contributed by atoms with Crippen molar-refractivity contribution < 1.29 is 20.1 Å². The largest absolute Gasteiger partial charge is 0.508 e. The van der Waals surface area contributed by atoms with Gasteiger partial charge in [0.15, 0.2) is 5.78 Å². The fourth-order valence-corrected chi connectivity index (χ4v) is 2.25. The number of ketones is 1. The monoisotopic (exact) mass is 312 g/mol. The molecule has 0 saturated heterocycles. The van der Waals surface area contributed by atoms with Crippen LogP contribution in [0, 0.1) is 0 Å². The Bertz CT molecular complexity index is 687. The van der Waals surface area contributed by atoms with Gasteiger partial charge in [0, 0.05) is 12.0 Å². The quantitative estimate of drug-likeness (QED) is 0.686. The molecule has 0 atom stereocenters. The number of aryl methyl sites for hydroxylation is 1. The van der Waals surface area contributed by atoms with Crippen molar-refractivity contribution in [2.45, 2.75) is 25.9 Å². The van der Waals surface area contributed by atoms with Crippen molar-refractivity contribution in [1.29, 1.82) is 0 Å². The van der Waals surface area contributed by atoms with E-state index in [-0.39, 0.29) is 23.9 Å². The lowest BCUT2D eigenvalue weighted by atomic mass is 10.0. The first-order valence-corrected chi connectivity index (χ1v) is 7.50. The molecular formula is C19H20O4. The summed E-state index contributed by atoms with van der Waals surface area (Å²) in [6.45, 7) is -0.200. The third-order valence-corrected chi connectivity index (χ3v) is 3.56. The first-order chi connectivity index (χ1) is 11.1. The number of carbonyl (C=O) groups is 1. The van der Waals surface area contributed by atoms with E-state index in [1.54, 1.807) is 54.6 Å². The van der Waals surface area contributed by atoms with E-state index in [0.717, 1.165) is 11.1 Å². The normalized spacial score (nSPS) is 11.0. The second-order valence-electron chi connectivity index (χ2n) is 5.37. The molecule has 2 aromatic carbocycles. The fourth-order valence-electron chi connectivity index (χ4n) is 2.25. The van der Waals surface area contributed by atoms with Crippen molar-refractivity contribution in [3.05, 3.63) is 65.2 Å². The highest BCUT2D eigenvalue weighted by Gasteiger charge is 2.03. The van der Waals surface area contributed by atoms with Gasteiger partial charge in [-0.05, 0) is 54.3 Å². The van der Waals surface area contributed by atoms with Crippen LogP contribution in [0.5, 0.6) is 11.5 Å². The predicted molar refractivity (Wildman–Crippen MR) is 89.1 cm³/mol. The van der Waals surface area contributed by atoms with Crippen LogP contribution in [-0.4, -0.2) is 21.1 Å². The standard InChI is InChI=1S/C19H20O4/c20-13-16-12-15(7-11-19(16)23)2-1-3-17(21)8-4-14-5-9-18(22)10-6-14/h4-12,20,22-23H,1-3,13H2/b8-4+. The van der Waals surface area contributed by atoms with Gasteiger partial charge in [0.1, 0.15) is 11.5 Å². The molecule has 2 rings (SSSR count). The summed E-state index contributed by atoms with van der Waals surface area (Å²) in [5, 5.41) is 27.8. The van der Waals surface area contributed by atoms with Crippen molar-refractivity contribution in [2.75, 3.05) is 0 Å². The maximum absolute atomic E-state index is 11.8. The number of aliphatic hydroxyl groups excluding tert-OH is 1. The van der Waals surface area contributed by atoms with Gasteiger partial charge in [0.05, 0.1) is 6.61 Å². The van der Waals surface area contributed by atoms with E-state index in [0.29, 0.717) is 24.8 Å². The molecule has 0 aliphatic carbocycles. The molecule has 0 radical (unpaired) electrons. The molecule has 4 nitrogen and oxygen atoms in total. The van der Waals surface area contributed by atoms with E-state index in [1.165, 1.54) is 0 Å². The van der Waals surface area contributed by atoms with E-state index in [4.69, 9.17) is 5.11 Å². The zero-order valence-corrected chi connectivity index (χ0v) is 12.8. The van der Waals surface area contributed by atoms with Crippen molar-refractivity contribution in [3.63, 3.8) is 0 Å². The van der Waals surface area contributed by atoms with Crippen LogP contribution in [0.3, 0.4) is 0 Å². The Labute approximate surface area is 135 Å². The number of carbonyl (C=O) groups excluding carboxylic acids is 1. The second-order valence-corrected chi connectivity index (χ2v) is 5.37. The predicted octanol–water partition coefficient (Wildman–Crippen LogP) is 3.20. The molecule has 4 heteroatoms. The van der Waals surface area contributed by atoms with E-state index in [2.05, 4.69) is 0 Å². The summed E-state index contributed by atoms with van der Waals surface area (Å²) >= 11 is 0. The average molecular weight is 312 g/mol. The molecule has 0 bridgehead atoms. The fraction of sp³-hybridized carbons (Fsp3) is 0.211. The van der Waals surface area contributed by atoms with Gasteiger partial charge < -0.3 is 15.3 Å². The summed E-state index contributed by atoms with van der Waals surface area (Å²) in [4.78, 5) is 11.8. The summed E-state index contributed by atoms with van der Waals surface area (Å²) < 4.78 is 0. The molecule has 0 fully saturated rings. The average Bonchev–Trinajstić information content (AvgIpc) is 2.56. The molecule has 0 unspecified atom stereocenters. The van der Waals surface area contributed by atoms with E-state index in [1.807, 2.05) is 0 Å². The Morgan fingerprint density at radius 1 is 1.04 bits per heavy atom. The van der Waals surface area contributed by atoms with Crippen LogP contribution in [0.25, 0.3) is 6.08 Å². The van der Waals surface area contributed by atoms with Gasteiger partial charge in [0.25, 0.3) is 0 Å². The lowest BCUT2D eigenvalue weighted by molar-refractivity contribution is -0.114. The van der Waals surface area contributed by atoms with Gasteiger partial charge in [-0.1, -0.05) is 24.3 Å².